The summed E-state index contributed by atoms with van der Waals surface area (Å²) in [5.74, 6) is -0.677. The van der Waals surface area contributed by atoms with E-state index in [1.807, 2.05) is 0 Å². The second-order valence-electron chi connectivity index (χ2n) is 14.7. The van der Waals surface area contributed by atoms with Gasteiger partial charge in [0, 0.05) is 37.9 Å². The maximum absolute atomic E-state index is 13.1. The van der Waals surface area contributed by atoms with Gasteiger partial charge in [0.25, 0.3) is 0 Å². The van der Waals surface area contributed by atoms with E-state index in [4.69, 9.17) is 9.47 Å². The Balaban J connectivity index is 1.96. The van der Waals surface area contributed by atoms with Gasteiger partial charge in [-0.1, -0.05) is 66.2 Å². The number of ketones is 1. The van der Waals surface area contributed by atoms with E-state index in [2.05, 4.69) is 37.9 Å². The average Bonchev–Trinajstić information content (AvgIpc) is 3.04. The van der Waals surface area contributed by atoms with Crippen molar-refractivity contribution >= 4 is 17.6 Å². The van der Waals surface area contributed by atoms with Gasteiger partial charge in [0.1, 0.15) is 57.3 Å². The zero-order valence-electron chi connectivity index (χ0n) is 30.9. The van der Waals surface area contributed by atoms with Crippen LogP contribution in [0.2, 0.25) is 0 Å². The van der Waals surface area contributed by atoms with Crippen LogP contribution in [0, 0.1) is 11.8 Å². The molecule has 2 rings (SSSR count). The molecular weight excluding hydrogens is 612 g/mol. The van der Waals surface area contributed by atoms with Crippen LogP contribution in [-0.4, -0.2) is 115 Å². The monoisotopic (exact) mass is 683 g/mol. The van der Waals surface area contributed by atoms with Crippen molar-refractivity contribution in [2.24, 2.45) is 22.0 Å². The molecule has 2 heterocycles. The van der Waals surface area contributed by atoms with E-state index in [-0.39, 0.29) is 35.5 Å². The molecule has 2 fully saturated rings. The van der Waals surface area contributed by atoms with Gasteiger partial charge in [0.2, 0.25) is 0 Å². The summed E-state index contributed by atoms with van der Waals surface area (Å²) in [5, 5.41) is 56.7. The molecule has 11 heteroatoms. The standard InChI is InChI=1S/C37H70N4O7/c1-5-9-17-31(7-3)27-47-29-34(43)25-40(19-13-11-14-20-40)38-36(45)23-33(42)24-37(46)39-41(21-15-12-16-22-41)26-35(44)30-48-28-32(8-4)18-10-6-2/h31-32,34-35,43-44H,5-30H2,1-4H3. The van der Waals surface area contributed by atoms with Crippen molar-refractivity contribution in [2.45, 2.75) is 143 Å². The van der Waals surface area contributed by atoms with Gasteiger partial charge in [0.05, 0.1) is 13.2 Å². The predicted octanol–water partition coefficient (Wildman–Crippen LogP) is 3.87. The number of hydrogen-bond acceptors (Lipinski definition) is 9. The van der Waals surface area contributed by atoms with Gasteiger partial charge in [0.15, 0.2) is 0 Å². The van der Waals surface area contributed by atoms with Crippen LogP contribution in [0.5, 0.6) is 0 Å². The minimum absolute atomic E-state index is 0.0968. The van der Waals surface area contributed by atoms with E-state index in [1.54, 1.807) is 0 Å². The number of nitrogens with zero attached hydrogens (tertiary/aromatic N) is 4. The molecule has 0 radical (unpaired) electrons. The van der Waals surface area contributed by atoms with Crippen LogP contribution in [0.1, 0.15) is 130 Å². The number of rotatable bonds is 26. The van der Waals surface area contributed by atoms with E-state index in [9.17, 15) is 25.2 Å². The van der Waals surface area contributed by atoms with Gasteiger partial charge in [-0.15, -0.1) is 10.2 Å². The number of hydrogen-bond donors (Lipinski definition) is 2. The first-order chi connectivity index (χ1) is 23.1. The van der Waals surface area contributed by atoms with Crippen LogP contribution in [0.25, 0.3) is 0 Å². The molecule has 2 N–H and O–H groups in total. The maximum atomic E-state index is 13.1. The van der Waals surface area contributed by atoms with Crippen LogP contribution in [0.3, 0.4) is 0 Å². The Hall–Kier alpha value is -1.63. The van der Waals surface area contributed by atoms with Crippen molar-refractivity contribution in [1.82, 2.24) is 0 Å². The fourth-order valence-corrected chi connectivity index (χ4v) is 7.22. The number of piperidine rings is 2. The minimum atomic E-state index is -0.765. The maximum Gasteiger partial charge on any atom is 0.142 e. The van der Waals surface area contributed by atoms with E-state index < -0.39 is 42.6 Å². The highest BCUT2D eigenvalue weighted by atomic mass is 16.5. The zero-order valence-corrected chi connectivity index (χ0v) is 30.9. The summed E-state index contributed by atoms with van der Waals surface area (Å²) in [5.41, 5.74) is 0. The first-order valence-electron chi connectivity index (χ1n) is 19.4. The number of aliphatic hydroxyl groups is 2. The molecule has 11 nitrogen and oxygen atoms in total. The van der Waals surface area contributed by atoms with Gasteiger partial charge in [-0.2, -0.15) is 9.18 Å². The molecule has 280 valence electrons. The number of likely N-dealkylation sites (tertiary alicyclic amines) is 2. The Morgan fingerprint density at radius 3 is 1.35 bits per heavy atom. The average molecular weight is 683 g/mol. The van der Waals surface area contributed by atoms with Crippen molar-refractivity contribution in [2.75, 3.05) is 65.7 Å². The Labute approximate surface area is 291 Å². The van der Waals surface area contributed by atoms with Crippen LogP contribution in [-0.2, 0) is 14.3 Å². The number of ether oxygens (including phenoxy) is 2. The Kier molecular flexibility index (Phi) is 21.0. The fourth-order valence-electron chi connectivity index (χ4n) is 7.22. The molecule has 48 heavy (non-hydrogen) atoms. The molecular formula is C37H70N4O7. The number of carbonyl (C=O) groups excluding carboxylic acids is 1. The highest BCUT2D eigenvalue weighted by Crippen LogP contribution is 2.23. The summed E-state index contributed by atoms with van der Waals surface area (Å²) in [4.78, 5) is 12.9. The third kappa shape index (κ3) is 16.9. The second-order valence-corrected chi connectivity index (χ2v) is 14.7. The Morgan fingerprint density at radius 1 is 0.646 bits per heavy atom. The summed E-state index contributed by atoms with van der Waals surface area (Å²) < 4.78 is 11.9. The number of quaternary nitrogens is 2. The molecule has 2 aliphatic rings. The van der Waals surface area contributed by atoms with Gasteiger partial charge >= 0.3 is 0 Å². The molecule has 4 atom stereocenters. The summed E-state index contributed by atoms with van der Waals surface area (Å²) >= 11 is 0. The third-order valence-electron chi connectivity index (χ3n) is 10.2. The van der Waals surface area contributed by atoms with Crippen LogP contribution in [0.15, 0.2) is 10.2 Å². The quantitative estimate of drug-likeness (QED) is 0.0800. The van der Waals surface area contributed by atoms with Crippen molar-refractivity contribution in [1.29, 1.82) is 0 Å². The van der Waals surface area contributed by atoms with Crippen molar-refractivity contribution in [3.05, 3.63) is 0 Å². The molecule has 2 saturated heterocycles. The zero-order chi connectivity index (χ0) is 35.3. The molecule has 0 saturated carbocycles. The molecule has 4 unspecified atom stereocenters. The lowest BCUT2D eigenvalue weighted by atomic mass is 10.0. The molecule has 0 spiro atoms. The largest absolute Gasteiger partial charge is 0.858 e. The van der Waals surface area contributed by atoms with Gasteiger partial charge in [-0.05, 0) is 63.2 Å². The molecule has 0 aliphatic carbocycles. The van der Waals surface area contributed by atoms with Crippen LogP contribution in [0.4, 0.5) is 0 Å². The van der Waals surface area contributed by atoms with Crippen LogP contribution < -0.4 is 10.2 Å². The lowest BCUT2D eigenvalue weighted by Crippen LogP contribution is -2.53. The number of aliphatic hydroxyl groups excluding tert-OH is 2. The lowest BCUT2D eigenvalue weighted by Gasteiger charge is -2.38. The summed E-state index contributed by atoms with van der Waals surface area (Å²) in [6, 6.07) is 0. The van der Waals surface area contributed by atoms with Crippen LogP contribution >= 0.6 is 0 Å². The smallest absolute Gasteiger partial charge is 0.142 e. The summed E-state index contributed by atoms with van der Waals surface area (Å²) in [7, 11) is 0. The molecule has 0 bridgehead atoms. The first-order valence-corrected chi connectivity index (χ1v) is 19.4. The Morgan fingerprint density at radius 2 is 1.02 bits per heavy atom. The van der Waals surface area contributed by atoms with Crippen molar-refractivity contribution in [3.63, 3.8) is 0 Å². The topological polar surface area (TPSA) is 147 Å². The van der Waals surface area contributed by atoms with Gasteiger partial charge in [-0.25, -0.2) is 0 Å². The SMILES string of the molecule is CCCCC(CC)COCC(O)C[N+]1(/N=C(\[O-])CC(=O)C/C([O-])=N/[N+]2(CC(O)COCC(CC)CCCC)CCCCC2)CCCCC1. The molecule has 0 aromatic heterocycles. The predicted molar refractivity (Wildman–Crippen MR) is 187 cm³/mol. The van der Waals surface area contributed by atoms with Crippen molar-refractivity contribution in [3.8, 4) is 0 Å². The number of carbonyl (C=O) groups is 1. The highest BCUT2D eigenvalue weighted by molar-refractivity contribution is 6.04. The van der Waals surface area contributed by atoms with E-state index in [0.29, 0.717) is 51.2 Å². The first kappa shape index (κ1) is 42.5. The van der Waals surface area contributed by atoms with Gasteiger partial charge in [-0.3, -0.25) is 4.79 Å². The second kappa shape index (κ2) is 23.7. The van der Waals surface area contributed by atoms with E-state index in [0.717, 1.165) is 77.0 Å². The van der Waals surface area contributed by atoms with E-state index in [1.165, 1.54) is 12.8 Å². The summed E-state index contributed by atoms with van der Waals surface area (Å²) in [6.07, 6.45) is 12.1. The normalized spacial score (nSPS) is 21.0. The molecule has 0 amide bonds. The number of unbranched alkanes of at least 4 members (excludes halogenated alkanes) is 2. The molecule has 0 aromatic carbocycles. The summed E-state index contributed by atoms with van der Waals surface area (Å²) in [6.45, 7) is 13.3. The Bertz CT molecular complexity index is 863. The molecule has 0 aromatic rings. The van der Waals surface area contributed by atoms with Crippen molar-refractivity contribution < 1.29 is 43.9 Å². The van der Waals surface area contributed by atoms with E-state index >= 15 is 0 Å². The third-order valence-corrected chi connectivity index (χ3v) is 10.2. The molecule has 2 aliphatic heterocycles. The fraction of sp³-hybridized carbons (Fsp3) is 0.919. The highest BCUT2D eigenvalue weighted by Gasteiger charge is 2.35. The lowest BCUT2D eigenvalue weighted by molar-refractivity contribution is -0.942. The minimum Gasteiger partial charge on any atom is -0.858 e. The number of Topliss-reactive ketones (excluding diaryl/α,β-unsaturated/α-hetero) is 1. The van der Waals surface area contributed by atoms with Gasteiger partial charge < -0.3 is 29.9 Å².